The number of nitrogens with one attached hydrogen (secondary N) is 2. The van der Waals surface area contributed by atoms with Gasteiger partial charge in [-0.3, -0.25) is 9.11 Å². The number of anilines is 6. The molecule has 0 aliphatic heterocycles. The molecule has 158 valence electrons. The SMILES string of the molecule is Nc1ccc(Nc2ccc(Nc3ccc(N)cc3S(=O)(=O)O)cc2)c(S(=O)(=O)O)c1. The van der Waals surface area contributed by atoms with Crippen molar-refractivity contribution in [3.05, 3.63) is 60.7 Å². The maximum atomic E-state index is 11.6. The molecule has 0 radical (unpaired) electrons. The summed E-state index contributed by atoms with van der Waals surface area (Å²) in [6.45, 7) is 0. The van der Waals surface area contributed by atoms with Gasteiger partial charge >= 0.3 is 0 Å². The summed E-state index contributed by atoms with van der Waals surface area (Å²) in [5, 5.41) is 5.73. The Bertz CT molecular complexity index is 1200. The first-order chi connectivity index (χ1) is 13.9. The number of nitrogen functional groups attached to an aromatic ring is 2. The number of rotatable bonds is 6. The minimum Gasteiger partial charge on any atom is -0.399 e. The predicted molar refractivity (Wildman–Crippen MR) is 114 cm³/mol. The van der Waals surface area contributed by atoms with Crippen molar-refractivity contribution in [1.29, 1.82) is 0 Å². The molecule has 30 heavy (non-hydrogen) atoms. The third kappa shape index (κ3) is 4.99. The van der Waals surface area contributed by atoms with E-state index in [1.807, 2.05) is 0 Å². The van der Waals surface area contributed by atoms with Gasteiger partial charge in [-0.05, 0) is 60.7 Å². The van der Waals surface area contributed by atoms with Crippen molar-refractivity contribution in [3.8, 4) is 0 Å². The summed E-state index contributed by atoms with van der Waals surface area (Å²) in [4.78, 5) is -0.742. The number of nitrogens with two attached hydrogens (primary N) is 2. The van der Waals surface area contributed by atoms with Crippen LogP contribution in [-0.4, -0.2) is 25.9 Å². The summed E-state index contributed by atoms with van der Waals surface area (Å²) in [5.74, 6) is 0. The molecule has 3 rings (SSSR count). The van der Waals surface area contributed by atoms with E-state index in [0.717, 1.165) is 12.1 Å². The van der Waals surface area contributed by atoms with Crippen LogP contribution in [0.5, 0.6) is 0 Å². The third-order valence-corrected chi connectivity index (χ3v) is 5.80. The van der Waals surface area contributed by atoms with Gasteiger partial charge in [-0.1, -0.05) is 0 Å². The maximum Gasteiger partial charge on any atom is 0.296 e. The highest BCUT2D eigenvalue weighted by molar-refractivity contribution is 7.86. The first-order valence-electron chi connectivity index (χ1n) is 8.31. The minimum absolute atomic E-state index is 0.125. The van der Waals surface area contributed by atoms with Gasteiger partial charge in [0.05, 0.1) is 11.4 Å². The molecule has 0 fully saturated rings. The Morgan fingerprint density at radius 2 is 0.933 bits per heavy atom. The molecular formula is C18H18N4O6S2. The average Bonchev–Trinajstić information content (AvgIpc) is 2.64. The van der Waals surface area contributed by atoms with E-state index in [2.05, 4.69) is 10.6 Å². The fourth-order valence-corrected chi connectivity index (χ4v) is 4.02. The molecule has 0 amide bonds. The average molecular weight is 450 g/mol. The Morgan fingerprint density at radius 1 is 0.600 bits per heavy atom. The third-order valence-electron chi connectivity index (χ3n) is 4.01. The van der Waals surface area contributed by atoms with Gasteiger partial charge in [0.1, 0.15) is 9.79 Å². The van der Waals surface area contributed by atoms with Crippen LogP contribution in [0.3, 0.4) is 0 Å². The van der Waals surface area contributed by atoms with Gasteiger partial charge in [-0.25, -0.2) is 0 Å². The molecule has 0 aliphatic rings. The van der Waals surface area contributed by atoms with Gasteiger partial charge in [-0.2, -0.15) is 16.8 Å². The van der Waals surface area contributed by atoms with Crippen LogP contribution in [0, 0.1) is 0 Å². The second-order valence-corrected chi connectivity index (χ2v) is 9.07. The summed E-state index contributed by atoms with van der Waals surface area (Å²) in [5.41, 5.74) is 12.7. The van der Waals surface area contributed by atoms with Crippen molar-refractivity contribution in [3.63, 3.8) is 0 Å². The standard InChI is InChI=1S/C18H18N4O6S2/c19-11-1-7-15(17(9-11)29(23,24)25)21-13-3-5-14(6-4-13)22-16-8-2-12(20)10-18(16)30(26,27)28/h1-10,21-22H,19-20H2,(H,23,24,25)(H,26,27,28). The van der Waals surface area contributed by atoms with E-state index in [1.165, 1.54) is 24.3 Å². The van der Waals surface area contributed by atoms with Crippen LogP contribution in [-0.2, 0) is 20.2 Å². The summed E-state index contributed by atoms with van der Waals surface area (Å²) >= 11 is 0. The van der Waals surface area contributed by atoms with Crippen LogP contribution >= 0.6 is 0 Å². The Morgan fingerprint density at radius 3 is 1.23 bits per heavy atom. The molecule has 0 heterocycles. The number of hydrogen-bond donors (Lipinski definition) is 6. The van der Waals surface area contributed by atoms with Crippen LogP contribution < -0.4 is 22.1 Å². The number of hydrogen-bond acceptors (Lipinski definition) is 8. The topological polar surface area (TPSA) is 185 Å². The van der Waals surface area contributed by atoms with E-state index in [0.29, 0.717) is 11.4 Å². The van der Waals surface area contributed by atoms with Gasteiger partial charge in [0.15, 0.2) is 0 Å². The molecule has 0 unspecified atom stereocenters. The smallest absolute Gasteiger partial charge is 0.296 e. The molecule has 12 heteroatoms. The summed E-state index contributed by atoms with van der Waals surface area (Å²) in [6, 6.07) is 14.4. The lowest BCUT2D eigenvalue weighted by atomic mass is 10.2. The fourth-order valence-electron chi connectivity index (χ4n) is 2.66. The van der Waals surface area contributed by atoms with Gasteiger partial charge in [0.2, 0.25) is 0 Å². The molecule has 3 aromatic rings. The lowest BCUT2D eigenvalue weighted by Gasteiger charge is -2.13. The second-order valence-electron chi connectivity index (χ2n) is 6.29. The van der Waals surface area contributed by atoms with E-state index in [4.69, 9.17) is 11.5 Å². The molecule has 0 aromatic heterocycles. The molecule has 0 saturated carbocycles. The fraction of sp³-hybridized carbons (Fsp3) is 0. The summed E-state index contributed by atoms with van der Waals surface area (Å²) in [7, 11) is -8.99. The van der Waals surface area contributed by atoms with E-state index < -0.39 is 20.2 Å². The molecular weight excluding hydrogens is 432 g/mol. The van der Waals surface area contributed by atoms with Crippen LogP contribution in [0.25, 0.3) is 0 Å². The summed E-state index contributed by atoms with van der Waals surface area (Å²) < 4.78 is 65.0. The maximum absolute atomic E-state index is 11.6. The predicted octanol–water partition coefficient (Wildman–Crippen LogP) is 2.83. The van der Waals surface area contributed by atoms with E-state index in [-0.39, 0.29) is 32.5 Å². The Balaban J connectivity index is 1.86. The minimum atomic E-state index is -4.49. The molecule has 0 bridgehead atoms. The molecule has 10 nitrogen and oxygen atoms in total. The largest absolute Gasteiger partial charge is 0.399 e. The lowest BCUT2D eigenvalue weighted by Crippen LogP contribution is -2.05. The molecule has 3 aromatic carbocycles. The van der Waals surface area contributed by atoms with Gasteiger partial charge < -0.3 is 22.1 Å². The highest BCUT2D eigenvalue weighted by Gasteiger charge is 2.17. The molecule has 8 N–H and O–H groups in total. The zero-order valence-electron chi connectivity index (χ0n) is 15.3. The Kier molecular flexibility index (Phi) is 5.59. The molecule has 0 spiro atoms. The first kappa shape index (κ1) is 21.4. The van der Waals surface area contributed by atoms with Crippen molar-refractivity contribution in [2.75, 3.05) is 22.1 Å². The normalized spacial score (nSPS) is 11.8. The van der Waals surface area contributed by atoms with Crippen molar-refractivity contribution < 1.29 is 25.9 Å². The Labute approximate surface area is 173 Å². The zero-order valence-corrected chi connectivity index (χ0v) is 16.9. The van der Waals surface area contributed by atoms with Crippen molar-refractivity contribution in [1.82, 2.24) is 0 Å². The van der Waals surface area contributed by atoms with Crippen molar-refractivity contribution in [2.24, 2.45) is 0 Å². The quantitative estimate of drug-likeness (QED) is 0.241. The summed E-state index contributed by atoms with van der Waals surface area (Å²) in [6.07, 6.45) is 0. The highest BCUT2D eigenvalue weighted by Crippen LogP contribution is 2.30. The lowest BCUT2D eigenvalue weighted by molar-refractivity contribution is 0.481. The molecule has 0 atom stereocenters. The monoisotopic (exact) mass is 450 g/mol. The highest BCUT2D eigenvalue weighted by atomic mass is 32.2. The zero-order chi connectivity index (χ0) is 22.1. The van der Waals surface area contributed by atoms with Crippen LogP contribution in [0.1, 0.15) is 0 Å². The number of benzene rings is 3. The van der Waals surface area contributed by atoms with Crippen LogP contribution in [0.4, 0.5) is 34.1 Å². The van der Waals surface area contributed by atoms with Gasteiger partial charge in [-0.15, -0.1) is 0 Å². The van der Waals surface area contributed by atoms with E-state index in [1.54, 1.807) is 24.3 Å². The van der Waals surface area contributed by atoms with E-state index >= 15 is 0 Å². The van der Waals surface area contributed by atoms with Gasteiger partial charge in [0.25, 0.3) is 20.2 Å². The molecule has 0 saturated heterocycles. The van der Waals surface area contributed by atoms with Gasteiger partial charge in [0, 0.05) is 22.7 Å². The van der Waals surface area contributed by atoms with Crippen molar-refractivity contribution >= 4 is 54.4 Å². The van der Waals surface area contributed by atoms with Crippen LogP contribution in [0.15, 0.2) is 70.5 Å². The van der Waals surface area contributed by atoms with Crippen LogP contribution in [0.2, 0.25) is 0 Å². The van der Waals surface area contributed by atoms with E-state index in [9.17, 15) is 25.9 Å². The Hall–Kier alpha value is -3.32. The molecule has 0 aliphatic carbocycles. The first-order valence-corrected chi connectivity index (χ1v) is 11.2. The van der Waals surface area contributed by atoms with Crippen molar-refractivity contribution in [2.45, 2.75) is 9.79 Å². The second kappa shape index (κ2) is 7.84.